The molecule has 0 aliphatic heterocycles. The van der Waals surface area contributed by atoms with Crippen molar-refractivity contribution in [3.05, 3.63) is 17.2 Å². The Morgan fingerprint density at radius 3 is 2.19 bits per heavy atom. The van der Waals surface area contributed by atoms with Crippen LogP contribution in [0.15, 0.2) is 6.07 Å². The highest BCUT2D eigenvalue weighted by atomic mass is 16.5. The molecule has 0 amide bonds. The van der Waals surface area contributed by atoms with Crippen LogP contribution in [-0.2, 0) is 12.8 Å². The second-order valence-electron chi connectivity index (χ2n) is 3.99. The molecule has 0 spiro atoms. The van der Waals surface area contributed by atoms with Crippen molar-refractivity contribution in [3.8, 4) is 17.2 Å². The molecule has 0 atom stereocenters. The van der Waals surface area contributed by atoms with E-state index in [-0.39, 0.29) is 0 Å². The van der Waals surface area contributed by atoms with E-state index in [1.54, 1.807) is 21.3 Å². The predicted octanol–water partition coefficient (Wildman–Crippen LogP) is 2.59. The fraction of sp³-hybridized carbons (Fsp3) is 0.538. The van der Waals surface area contributed by atoms with Crippen LogP contribution in [0.5, 0.6) is 17.2 Å². The van der Waals surface area contributed by atoms with Crippen LogP contribution in [0.2, 0.25) is 0 Å². The van der Waals surface area contributed by atoms with E-state index in [1.165, 1.54) is 24.0 Å². The highest BCUT2D eigenvalue weighted by molar-refractivity contribution is 5.59. The van der Waals surface area contributed by atoms with Gasteiger partial charge < -0.3 is 14.2 Å². The number of hydrogen-bond acceptors (Lipinski definition) is 3. The normalized spacial score (nSPS) is 14.2. The van der Waals surface area contributed by atoms with Gasteiger partial charge in [-0.05, 0) is 37.3 Å². The summed E-state index contributed by atoms with van der Waals surface area (Å²) in [6.07, 6.45) is 4.63. The molecule has 1 aromatic rings. The minimum absolute atomic E-state index is 0.714. The third-order valence-corrected chi connectivity index (χ3v) is 3.15. The van der Waals surface area contributed by atoms with E-state index in [0.717, 1.165) is 24.3 Å². The maximum atomic E-state index is 5.47. The molecule has 88 valence electrons. The summed E-state index contributed by atoms with van der Waals surface area (Å²) < 4.78 is 16.2. The highest BCUT2D eigenvalue weighted by Crippen LogP contribution is 2.44. The zero-order valence-corrected chi connectivity index (χ0v) is 10.1. The number of rotatable bonds is 3. The van der Waals surface area contributed by atoms with Gasteiger partial charge in [-0.25, -0.2) is 0 Å². The molecule has 1 aliphatic carbocycles. The Balaban J connectivity index is 2.59. The van der Waals surface area contributed by atoms with Gasteiger partial charge in [-0.2, -0.15) is 0 Å². The third-order valence-electron chi connectivity index (χ3n) is 3.15. The molecular weight excluding hydrogens is 204 g/mol. The number of aryl methyl sites for hydroxylation is 1. The van der Waals surface area contributed by atoms with Crippen LogP contribution >= 0.6 is 0 Å². The summed E-state index contributed by atoms with van der Waals surface area (Å²) in [5.41, 5.74) is 2.62. The third kappa shape index (κ3) is 1.70. The number of fused-ring (bicyclic) bond motifs is 1. The SMILES string of the molecule is COc1cc2c(c(OC)c1OC)CCCC2. The Bertz CT molecular complexity index is 371. The van der Waals surface area contributed by atoms with Gasteiger partial charge in [0, 0.05) is 5.56 Å². The first-order chi connectivity index (χ1) is 7.81. The van der Waals surface area contributed by atoms with Crippen LogP contribution in [0, 0.1) is 0 Å². The minimum atomic E-state index is 0.714. The minimum Gasteiger partial charge on any atom is -0.493 e. The Hall–Kier alpha value is -1.38. The van der Waals surface area contributed by atoms with Gasteiger partial charge in [-0.15, -0.1) is 0 Å². The molecule has 0 radical (unpaired) electrons. The lowest BCUT2D eigenvalue weighted by molar-refractivity contribution is 0.320. The number of benzene rings is 1. The van der Waals surface area contributed by atoms with Crippen LogP contribution < -0.4 is 14.2 Å². The van der Waals surface area contributed by atoms with Gasteiger partial charge >= 0.3 is 0 Å². The zero-order valence-electron chi connectivity index (χ0n) is 10.1. The van der Waals surface area contributed by atoms with E-state index >= 15 is 0 Å². The lowest BCUT2D eigenvalue weighted by Gasteiger charge is -2.22. The Labute approximate surface area is 96.3 Å². The van der Waals surface area contributed by atoms with Gasteiger partial charge in [0.05, 0.1) is 21.3 Å². The van der Waals surface area contributed by atoms with E-state index in [9.17, 15) is 0 Å². The predicted molar refractivity (Wildman–Crippen MR) is 62.7 cm³/mol. The first kappa shape index (κ1) is 11.1. The van der Waals surface area contributed by atoms with E-state index in [1.807, 2.05) is 0 Å². The molecule has 0 bridgehead atoms. The smallest absolute Gasteiger partial charge is 0.203 e. The Morgan fingerprint density at radius 1 is 0.875 bits per heavy atom. The van der Waals surface area contributed by atoms with Crippen molar-refractivity contribution in [2.75, 3.05) is 21.3 Å². The number of ether oxygens (including phenoxy) is 3. The first-order valence-electron chi connectivity index (χ1n) is 5.62. The molecule has 3 nitrogen and oxygen atoms in total. The summed E-state index contributed by atoms with van der Waals surface area (Å²) in [5.74, 6) is 2.32. The molecule has 2 rings (SSSR count). The summed E-state index contributed by atoms with van der Waals surface area (Å²) in [6, 6.07) is 2.08. The van der Waals surface area contributed by atoms with Crippen molar-refractivity contribution in [1.82, 2.24) is 0 Å². The lowest BCUT2D eigenvalue weighted by Crippen LogP contribution is -2.07. The molecule has 0 N–H and O–H groups in total. The molecule has 1 aliphatic rings. The molecule has 0 fully saturated rings. The Morgan fingerprint density at radius 2 is 1.56 bits per heavy atom. The summed E-state index contributed by atoms with van der Waals surface area (Å²) in [7, 11) is 4.99. The molecule has 0 unspecified atom stereocenters. The fourth-order valence-electron chi connectivity index (χ4n) is 2.38. The van der Waals surface area contributed by atoms with Crippen molar-refractivity contribution in [2.45, 2.75) is 25.7 Å². The van der Waals surface area contributed by atoms with Crippen LogP contribution in [0.1, 0.15) is 24.0 Å². The average Bonchev–Trinajstić information content (AvgIpc) is 2.36. The molecular formula is C13H18O3. The van der Waals surface area contributed by atoms with Crippen molar-refractivity contribution in [3.63, 3.8) is 0 Å². The second kappa shape index (κ2) is 4.64. The van der Waals surface area contributed by atoms with E-state index < -0.39 is 0 Å². The molecule has 16 heavy (non-hydrogen) atoms. The van der Waals surface area contributed by atoms with E-state index in [4.69, 9.17) is 14.2 Å². The van der Waals surface area contributed by atoms with Gasteiger partial charge in [0.15, 0.2) is 11.5 Å². The van der Waals surface area contributed by atoms with Gasteiger partial charge in [-0.3, -0.25) is 0 Å². The Kier molecular flexibility index (Phi) is 3.22. The summed E-state index contributed by atoms with van der Waals surface area (Å²) in [4.78, 5) is 0. The van der Waals surface area contributed by atoms with Crippen molar-refractivity contribution in [1.29, 1.82) is 0 Å². The summed E-state index contributed by atoms with van der Waals surface area (Å²) >= 11 is 0. The van der Waals surface area contributed by atoms with Crippen molar-refractivity contribution in [2.24, 2.45) is 0 Å². The summed E-state index contributed by atoms with van der Waals surface area (Å²) in [5, 5.41) is 0. The van der Waals surface area contributed by atoms with Gasteiger partial charge in [-0.1, -0.05) is 0 Å². The first-order valence-corrected chi connectivity index (χ1v) is 5.62. The number of hydrogen-bond donors (Lipinski definition) is 0. The molecule has 0 aromatic heterocycles. The van der Waals surface area contributed by atoms with Crippen molar-refractivity contribution >= 4 is 0 Å². The van der Waals surface area contributed by atoms with Gasteiger partial charge in [0.1, 0.15) is 0 Å². The largest absolute Gasteiger partial charge is 0.493 e. The molecule has 0 saturated heterocycles. The van der Waals surface area contributed by atoms with Gasteiger partial charge in [0.2, 0.25) is 5.75 Å². The van der Waals surface area contributed by atoms with Crippen molar-refractivity contribution < 1.29 is 14.2 Å². The molecule has 0 heterocycles. The summed E-state index contributed by atoms with van der Waals surface area (Å²) in [6.45, 7) is 0. The highest BCUT2D eigenvalue weighted by Gasteiger charge is 2.21. The maximum absolute atomic E-state index is 5.47. The standard InChI is InChI=1S/C13H18O3/c1-14-11-8-9-6-4-5-7-10(9)12(15-2)13(11)16-3/h8H,4-7H2,1-3H3. The van der Waals surface area contributed by atoms with E-state index in [2.05, 4.69) is 6.07 Å². The molecule has 1 aromatic carbocycles. The van der Waals surface area contributed by atoms with Crippen LogP contribution in [0.3, 0.4) is 0 Å². The fourth-order valence-corrected chi connectivity index (χ4v) is 2.38. The van der Waals surface area contributed by atoms with E-state index in [0.29, 0.717) is 5.75 Å². The second-order valence-corrected chi connectivity index (χ2v) is 3.99. The van der Waals surface area contributed by atoms with Gasteiger partial charge in [0.25, 0.3) is 0 Å². The molecule has 0 saturated carbocycles. The number of methoxy groups -OCH3 is 3. The average molecular weight is 222 g/mol. The topological polar surface area (TPSA) is 27.7 Å². The van der Waals surface area contributed by atoms with Crippen LogP contribution in [0.4, 0.5) is 0 Å². The molecule has 3 heteroatoms. The maximum Gasteiger partial charge on any atom is 0.203 e. The zero-order chi connectivity index (χ0) is 11.5. The van der Waals surface area contributed by atoms with Crippen LogP contribution in [0.25, 0.3) is 0 Å². The monoisotopic (exact) mass is 222 g/mol. The lowest BCUT2D eigenvalue weighted by atomic mass is 9.90. The van der Waals surface area contributed by atoms with Crippen LogP contribution in [-0.4, -0.2) is 21.3 Å². The quantitative estimate of drug-likeness (QED) is 0.786.